The van der Waals surface area contributed by atoms with Gasteiger partial charge in [-0.15, -0.1) is 0 Å². The van der Waals surface area contributed by atoms with E-state index in [9.17, 15) is 13.6 Å². The molecule has 9 heteroatoms. The van der Waals surface area contributed by atoms with Gasteiger partial charge in [-0.05, 0) is 55.5 Å². The number of benzene rings is 2. The van der Waals surface area contributed by atoms with Crippen molar-refractivity contribution in [2.24, 2.45) is 4.99 Å². The Kier molecular flexibility index (Phi) is 8.54. The summed E-state index contributed by atoms with van der Waals surface area (Å²) >= 11 is 0. The molecule has 2 aromatic carbocycles. The number of rotatable bonds is 9. The number of fused-ring (bicyclic) bond motifs is 3. The van der Waals surface area contributed by atoms with Gasteiger partial charge in [0.1, 0.15) is 0 Å². The van der Waals surface area contributed by atoms with Crippen molar-refractivity contribution in [3.63, 3.8) is 0 Å². The summed E-state index contributed by atoms with van der Waals surface area (Å²) in [6, 6.07) is 11.3. The van der Waals surface area contributed by atoms with E-state index < -0.39 is 6.61 Å². The lowest BCUT2D eigenvalue weighted by atomic mass is 9.75. The van der Waals surface area contributed by atoms with Gasteiger partial charge >= 0.3 is 6.61 Å². The fourth-order valence-corrected chi connectivity index (χ4v) is 5.77. The van der Waals surface area contributed by atoms with Crippen LogP contribution in [0.15, 0.2) is 41.4 Å². The molecule has 1 unspecified atom stereocenters. The van der Waals surface area contributed by atoms with Gasteiger partial charge in [-0.1, -0.05) is 25.0 Å². The van der Waals surface area contributed by atoms with Crippen molar-refractivity contribution < 1.29 is 27.8 Å². The molecular formula is C29H35F2N3O4. The van der Waals surface area contributed by atoms with Crippen LogP contribution in [0.4, 0.5) is 8.78 Å². The summed E-state index contributed by atoms with van der Waals surface area (Å²) in [6.45, 7) is 0.0149. The van der Waals surface area contributed by atoms with E-state index in [0.29, 0.717) is 18.2 Å². The molecule has 7 nitrogen and oxygen atoms in total. The molecule has 1 amide bonds. The standard InChI is InChI=1S/C29H35F2N3O4/c1-36-25-16-23-22(15-26(25)38-29(30)31)21-6-2-3-7-24(21)34-27(23)18-8-10-19(11-9-18)28(35)33-12-4-5-20-17-37-14-13-32-20/h8-11,15-16,20-21,24,29,32H,2-7,12-14,17H2,1H3,(H,33,35)/t20?,21-,24-/m1/s1. The molecule has 0 aromatic heterocycles. The molecule has 2 aliphatic heterocycles. The second-order valence-corrected chi connectivity index (χ2v) is 10.1. The number of methoxy groups -OCH3 is 1. The van der Waals surface area contributed by atoms with E-state index in [2.05, 4.69) is 10.6 Å². The number of morpholine rings is 1. The van der Waals surface area contributed by atoms with Gasteiger partial charge in [0.2, 0.25) is 0 Å². The minimum Gasteiger partial charge on any atom is -0.493 e. The van der Waals surface area contributed by atoms with Crippen LogP contribution in [0.1, 0.15) is 71.5 Å². The Morgan fingerprint density at radius 1 is 1.18 bits per heavy atom. The fraction of sp³-hybridized carbons (Fsp3) is 0.517. The van der Waals surface area contributed by atoms with Crippen LogP contribution >= 0.6 is 0 Å². The van der Waals surface area contributed by atoms with Crippen LogP contribution in [0.3, 0.4) is 0 Å². The number of aliphatic imine (C=N–C) groups is 1. The van der Waals surface area contributed by atoms with Crippen LogP contribution in [0.5, 0.6) is 11.5 Å². The van der Waals surface area contributed by atoms with Crippen LogP contribution in [0.25, 0.3) is 0 Å². The molecule has 1 aliphatic carbocycles. The summed E-state index contributed by atoms with van der Waals surface area (Å²) in [5.41, 5.74) is 4.08. The van der Waals surface area contributed by atoms with Gasteiger partial charge in [0.05, 0.1) is 32.1 Å². The van der Waals surface area contributed by atoms with Gasteiger partial charge in [0.25, 0.3) is 5.91 Å². The van der Waals surface area contributed by atoms with E-state index in [0.717, 1.165) is 80.7 Å². The van der Waals surface area contributed by atoms with E-state index in [1.807, 2.05) is 24.3 Å². The first-order valence-electron chi connectivity index (χ1n) is 13.5. The van der Waals surface area contributed by atoms with Gasteiger partial charge in [-0.25, -0.2) is 0 Å². The molecule has 1 saturated heterocycles. The van der Waals surface area contributed by atoms with E-state index in [1.165, 1.54) is 7.11 Å². The summed E-state index contributed by atoms with van der Waals surface area (Å²) in [6.07, 6.45) is 5.91. The highest BCUT2D eigenvalue weighted by Crippen LogP contribution is 2.45. The molecule has 5 rings (SSSR count). The zero-order chi connectivity index (χ0) is 26.5. The van der Waals surface area contributed by atoms with E-state index in [4.69, 9.17) is 19.2 Å². The molecule has 3 atom stereocenters. The number of hydrogen-bond acceptors (Lipinski definition) is 6. The Balaban J connectivity index is 1.32. The summed E-state index contributed by atoms with van der Waals surface area (Å²) in [5, 5.41) is 6.42. The zero-order valence-corrected chi connectivity index (χ0v) is 21.7. The Morgan fingerprint density at radius 2 is 2.00 bits per heavy atom. The number of ether oxygens (including phenoxy) is 3. The van der Waals surface area contributed by atoms with Gasteiger partial charge in [-0.3, -0.25) is 9.79 Å². The SMILES string of the molecule is COc1cc2c(cc1OC(F)F)[C@H]1CCCC[C@H]1N=C2c1ccc(C(=O)NCCCC2COCCN2)cc1. The van der Waals surface area contributed by atoms with Crippen LogP contribution in [0, 0.1) is 0 Å². The van der Waals surface area contributed by atoms with Crippen molar-refractivity contribution in [1.29, 1.82) is 0 Å². The highest BCUT2D eigenvalue weighted by molar-refractivity contribution is 6.15. The van der Waals surface area contributed by atoms with Crippen LogP contribution < -0.4 is 20.1 Å². The van der Waals surface area contributed by atoms with Gasteiger partial charge in [0.15, 0.2) is 11.5 Å². The second kappa shape index (κ2) is 12.2. The third-order valence-electron chi connectivity index (χ3n) is 7.66. The minimum atomic E-state index is -2.93. The van der Waals surface area contributed by atoms with Crippen molar-refractivity contribution >= 4 is 11.6 Å². The Hall–Kier alpha value is -3.04. The number of nitrogens with zero attached hydrogens (tertiary/aromatic N) is 1. The molecule has 1 saturated carbocycles. The molecule has 2 aromatic rings. The number of hydrogen-bond donors (Lipinski definition) is 2. The molecule has 2 heterocycles. The first-order chi connectivity index (χ1) is 18.5. The normalized spacial score (nSPS) is 22.7. The highest BCUT2D eigenvalue weighted by atomic mass is 19.3. The molecule has 0 radical (unpaired) electrons. The summed E-state index contributed by atoms with van der Waals surface area (Å²) in [4.78, 5) is 17.8. The largest absolute Gasteiger partial charge is 0.493 e. The molecule has 204 valence electrons. The van der Waals surface area contributed by atoms with Gasteiger partial charge in [0, 0.05) is 41.7 Å². The molecular weight excluding hydrogens is 492 g/mol. The summed E-state index contributed by atoms with van der Waals surface area (Å²) < 4.78 is 41.8. The van der Waals surface area contributed by atoms with Crippen LogP contribution in [-0.2, 0) is 4.74 Å². The Labute approximate surface area is 222 Å². The molecule has 2 fully saturated rings. The summed E-state index contributed by atoms with van der Waals surface area (Å²) in [7, 11) is 1.44. The number of alkyl halides is 2. The lowest BCUT2D eigenvalue weighted by molar-refractivity contribution is -0.0512. The number of carbonyl (C=O) groups is 1. The Morgan fingerprint density at radius 3 is 2.74 bits per heavy atom. The maximum absolute atomic E-state index is 13.1. The number of amides is 1. The molecule has 0 spiro atoms. The van der Waals surface area contributed by atoms with Crippen molar-refractivity contribution in [2.45, 2.75) is 63.1 Å². The lowest BCUT2D eigenvalue weighted by Gasteiger charge is -2.35. The highest BCUT2D eigenvalue weighted by Gasteiger charge is 2.35. The van der Waals surface area contributed by atoms with Crippen molar-refractivity contribution in [3.8, 4) is 11.5 Å². The molecule has 3 aliphatic rings. The second-order valence-electron chi connectivity index (χ2n) is 10.1. The topological polar surface area (TPSA) is 81.2 Å². The predicted molar refractivity (Wildman–Crippen MR) is 141 cm³/mol. The van der Waals surface area contributed by atoms with Crippen molar-refractivity contribution in [2.75, 3.05) is 33.4 Å². The number of carbonyl (C=O) groups excluding carboxylic acids is 1. The number of halogens is 2. The Bertz CT molecular complexity index is 1150. The average molecular weight is 528 g/mol. The number of nitrogens with one attached hydrogen (secondary N) is 2. The average Bonchev–Trinajstić information content (AvgIpc) is 2.95. The van der Waals surface area contributed by atoms with Crippen LogP contribution in [-0.4, -0.2) is 63.7 Å². The van der Waals surface area contributed by atoms with Crippen molar-refractivity contribution in [1.82, 2.24) is 10.6 Å². The third kappa shape index (κ3) is 5.99. The van der Waals surface area contributed by atoms with Crippen molar-refractivity contribution in [3.05, 3.63) is 58.7 Å². The third-order valence-corrected chi connectivity index (χ3v) is 7.66. The fourth-order valence-electron chi connectivity index (χ4n) is 5.77. The smallest absolute Gasteiger partial charge is 0.387 e. The maximum Gasteiger partial charge on any atom is 0.387 e. The van der Waals surface area contributed by atoms with E-state index in [-0.39, 0.29) is 29.4 Å². The van der Waals surface area contributed by atoms with E-state index >= 15 is 0 Å². The molecule has 38 heavy (non-hydrogen) atoms. The lowest BCUT2D eigenvalue weighted by Crippen LogP contribution is -2.41. The molecule has 2 N–H and O–H groups in total. The molecule has 0 bridgehead atoms. The first kappa shape index (κ1) is 26.6. The minimum absolute atomic E-state index is 0.0469. The summed E-state index contributed by atoms with van der Waals surface area (Å²) in [5.74, 6) is 0.342. The quantitative estimate of drug-likeness (QED) is 0.463. The van der Waals surface area contributed by atoms with E-state index in [1.54, 1.807) is 12.1 Å². The predicted octanol–water partition coefficient (Wildman–Crippen LogP) is 4.67. The van der Waals surface area contributed by atoms with Gasteiger partial charge in [-0.2, -0.15) is 8.78 Å². The maximum atomic E-state index is 13.1. The zero-order valence-electron chi connectivity index (χ0n) is 21.7. The van der Waals surface area contributed by atoms with Crippen LogP contribution in [0.2, 0.25) is 0 Å². The monoisotopic (exact) mass is 527 g/mol. The van der Waals surface area contributed by atoms with Gasteiger partial charge < -0.3 is 24.8 Å². The first-order valence-corrected chi connectivity index (χ1v) is 13.5.